The average molecular weight is 317 g/mol. The molecule has 2 saturated heterocycles. The van der Waals surface area contributed by atoms with E-state index in [1.165, 1.54) is 0 Å². The van der Waals surface area contributed by atoms with Gasteiger partial charge in [0.2, 0.25) is 0 Å². The molecule has 2 aliphatic heterocycles. The van der Waals surface area contributed by atoms with Crippen molar-refractivity contribution in [1.29, 1.82) is 0 Å². The van der Waals surface area contributed by atoms with Crippen LogP contribution in [0.3, 0.4) is 0 Å². The van der Waals surface area contributed by atoms with Crippen LogP contribution in [0.2, 0.25) is 0 Å². The third kappa shape index (κ3) is 3.71. The molecule has 2 unspecified atom stereocenters. The number of hydrogen-bond donors (Lipinski definition) is 2. The molecule has 0 saturated carbocycles. The molecule has 2 aliphatic rings. The predicted octanol–water partition coefficient (Wildman–Crippen LogP) is 1.24. The van der Waals surface area contributed by atoms with Crippen LogP contribution in [0, 0.1) is 0 Å². The van der Waals surface area contributed by atoms with Crippen molar-refractivity contribution in [3.8, 4) is 0 Å². The summed E-state index contributed by atoms with van der Waals surface area (Å²) in [7, 11) is 0. The van der Waals surface area contributed by atoms with Gasteiger partial charge in [-0.3, -0.25) is 9.59 Å². The van der Waals surface area contributed by atoms with Crippen molar-refractivity contribution in [1.82, 2.24) is 10.2 Å². The highest BCUT2D eigenvalue weighted by atomic mass is 16.5. The van der Waals surface area contributed by atoms with Crippen LogP contribution in [0.25, 0.3) is 0 Å². The highest BCUT2D eigenvalue weighted by Crippen LogP contribution is 2.18. The summed E-state index contributed by atoms with van der Waals surface area (Å²) >= 11 is 0. The van der Waals surface area contributed by atoms with Crippen molar-refractivity contribution >= 4 is 17.5 Å². The molecule has 1 aromatic carbocycles. The Hall–Kier alpha value is -1.92. The number of anilines is 1. The Balaban J connectivity index is 1.69. The number of amides is 2. The van der Waals surface area contributed by atoms with E-state index in [1.54, 1.807) is 24.3 Å². The predicted molar refractivity (Wildman–Crippen MR) is 87.4 cm³/mol. The Morgan fingerprint density at radius 3 is 3.00 bits per heavy atom. The number of carbonyl (C=O) groups is 2. The first-order chi connectivity index (χ1) is 11.1. The van der Waals surface area contributed by atoms with E-state index in [-0.39, 0.29) is 24.0 Å². The Morgan fingerprint density at radius 1 is 1.39 bits per heavy atom. The van der Waals surface area contributed by atoms with Crippen LogP contribution < -0.4 is 10.6 Å². The maximum Gasteiger partial charge on any atom is 0.254 e. The summed E-state index contributed by atoms with van der Waals surface area (Å²) in [5.41, 5.74) is 1.24. The molecule has 23 heavy (non-hydrogen) atoms. The minimum Gasteiger partial charge on any atom is -0.368 e. The van der Waals surface area contributed by atoms with Gasteiger partial charge in [-0.2, -0.15) is 0 Å². The van der Waals surface area contributed by atoms with E-state index in [4.69, 9.17) is 4.74 Å². The van der Waals surface area contributed by atoms with E-state index in [1.807, 2.05) is 11.8 Å². The van der Waals surface area contributed by atoms with Gasteiger partial charge in [-0.25, -0.2) is 0 Å². The number of carbonyl (C=O) groups excluding carboxylic acids is 2. The normalized spacial score (nSPS) is 24.5. The maximum absolute atomic E-state index is 12.7. The highest BCUT2D eigenvalue weighted by Gasteiger charge is 2.25. The Kier molecular flexibility index (Phi) is 4.93. The van der Waals surface area contributed by atoms with E-state index >= 15 is 0 Å². The van der Waals surface area contributed by atoms with Gasteiger partial charge in [0.05, 0.1) is 0 Å². The molecule has 2 heterocycles. The van der Waals surface area contributed by atoms with Gasteiger partial charge in [0.15, 0.2) is 0 Å². The number of hydrogen-bond acceptors (Lipinski definition) is 4. The van der Waals surface area contributed by atoms with Gasteiger partial charge in [-0.15, -0.1) is 0 Å². The summed E-state index contributed by atoms with van der Waals surface area (Å²) in [6.07, 6.45) is 1.29. The molecular weight excluding hydrogens is 294 g/mol. The van der Waals surface area contributed by atoms with Crippen LogP contribution in [0.1, 0.15) is 30.1 Å². The van der Waals surface area contributed by atoms with Crippen LogP contribution in [-0.4, -0.2) is 55.1 Å². The summed E-state index contributed by atoms with van der Waals surface area (Å²) in [6, 6.07) is 7.29. The fraction of sp³-hybridized carbons (Fsp3) is 0.529. The quantitative estimate of drug-likeness (QED) is 0.880. The van der Waals surface area contributed by atoms with Gasteiger partial charge in [0.25, 0.3) is 11.8 Å². The van der Waals surface area contributed by atoms with Gasteiger partial charge in [-0.1, -0.05) is 6.07 Å². The highest BCUT2D eigenvalue weighted by molar-refractivity contribution is 5.98. The Labute approximate surface area is 136 Å². The van der Waals surface area contributed by atoms with E-state index in [9.17, 15) is 9.59 Å². The van der Waals surface area contributed by atoms with Crippen molar-refractivity contribution in [3.05, 3.63) is 29.8 Å². The minimum atomic E-state index is -0.373. The lowest BCUT2D eigenvalue weighted by molar-refractivity contribution is -0.124. The molecule has 2 amide bonds. The lowest BCUT2D eigenvalue weighted by Crippen LogP contribution is -2.52. The summed E-state index contributed by atoms with van der Waals surface area (Å²) in [5.74, 6) is -0.130. The first-order valence-electron chi connectivity index (χ1n) is 8.19. The van der Waals surface area contributed by atoms with Crippen LogP contribution in [0.4, 0.5) is 5.69 Å². The van der Waals surface area contributed by atoms with Crippen LogP contribution >= 0.6 is 0 Å². The van der Waals surface area contributed by atoms with Crippen LogP contribution in [0.15, 0.2) is 24.3 Å². The maximum atomic E-state index is 12.7. The molecule has 1 aromatic rings. The zero-order valence-electron chi connectivity index (χ0n) is 13.4. The zero-order valence-corrected chi connectivity index (χ0v) is 13.4. The third-order valence-electron chi connectivity index (χ3n) is 4.36. The second kappa shape index (κ2) is 7.10. The summed E-state index contributed by atoms with van der Waals surface area (Å²) in [6.45, 7) is 4.99. The monoisotopic (exact) mass is 317 g/mol. The van der Waals surface area contributed by atoms with Gasteiger partial charge >= 0.3 is 0 Å². The second-order valence-electron chi connectivity index (χ2n) is 6.12. The minimum absolute atomic E-state index is 0.00668. The number of piperazine rings is 1. The number of nitrogens with zero attached hydrogens (tertiary/aromatic N) is 1. The molecule has 0 bridgehead atoms. The van der Waals surface area contributed by atoms with Crippen molar-refractivity contribution in [2.24, 2.45) is 0 Å². The number of nitrogens with one attached hydrogen (secondary N) is 2. The molecule has 6 nitrogen and oxygen atoms in total. The molecule has 0 spiro atoms. The van der Waals surface area contributed by atoms with Crippen molar-refractivity contribution < 1.29 is 14.3 Å². The molecular formula is C17H23N3O3. The first kappa shape index (κ1) is 16.0. The fourth-order valence-electron chi connectivity index (χ4n) is 3.05. The number of benzene rings is 1. The van der Waals surface area contributed by atoms with Gasteiger partial charge in [0, 0.05) is 43.5 Å². The topological polar surface area (TPSA) is 70.7 Å². The SMILES string of the molecule is CC1CNCCN1C(=O)c1cccc(NC(=O)C2CCCO2)c1. The Bertz CT molecular complexity index is 584. The summed E-state index contributed by atoms with van der Waals surface area (Å²) < 4.78 is 5.38. The molecule has 124 valence electrons. The molecule has 2 fully saturated rings. The number of rotatable bonds is 3. The Morgan fingerprint density at radius 2 is 2.26 bits per heavy atom. The van der Waals surface area contributed by atoms with Crippen LogP contribution in [-0.2, 0) is 9.53 Å². The van der Waals surface area contributed by atoms with Crippen molar-refractivity contribution in [3.63, 3.8) is 0 Å². The third-order valence-corrected chi connectivity index (χ3v) is 4.36. The lowest BCUT2D eigenvalue weighted by Gasteiger charge is -2.34. The van der Waals surface area contributed by atoms with Crippen molar-refractivity contribution in [2.45, 2.75) is 31.9 Å². The largest absolute Gasteiger partial charge is 0.368 e. The number of ether oxygens (including phenoxy) is 1. The molecule has 2 atom stereocenters. The molecule has 0 radical (unpaired) electrons. The average Bonchev–Trinajstić information content (AvgIpc) is 3.09. The molecule has 6 heteroatoms. The lowest BCUT2D eigenvalue weighted by atomic mass is 10.1. The molecule has 3 rings (SSSR count). The first-order valence-corrected chi connectivity index (χ1v) is 8.19. The van der Waals surface area contributed by atoms with Crippen LogP contribution in [0.5, 0.6) is 0 Å². The second-order valence-corrected chi connectivity index (χ2v) is 6.12. The van der Waals surface area contributed by atoms with Gasteiger partial charge < -0.3 is 20.3 Å². The van der Waals surface area contributed by atoms with E-state index in [0.717, 1.165) is 25.9 Å². The summed E-state index contributed by atoms with van der Waals surface area (Å²) in [5, 5.41) is 6.12. The van der Waals surface area contributed by atoms with E-state index < -0.39 is 0 Å². The van der Waals surface area contributed by atoms with E-state index in [2.05, 4.69) is 10.6 Å². The smallest absolute Gasteiger partial charge is 0.254 e. The molecule has 0 aliphatic carbocycles. The molecule has 2 N–H and O–H groups in total. The van der Waals surface area contributed by atoms with E-state index in [0.29, 0.717) is 24.4 Å². The van der Waals surface area contributed by atoms with Gasteiger partial charge in [-0.05, 0) is 38.0 Å². The zero-order chi connectivity index (χ0) is 16.2. The standard InChI is InChI=1S/C17H23N3O3/c1-12-11-18-7-8-20(12)17(22)13-4-2-5-14(10-13)19-16(21)15-6-3-9-23-15/h2,4-5,10,12,15,18H,3,6-9,11H2,1H3,(H,19,21). The van der Waals surface area contributed by atoms with Crippen molar-refractivity contribution in [2.75, 3.05) is 31.6 Å². The van der Waals surface area contributed by atoms with Gasteiger partial charge in [0.1, 0.15) is 6.10 Å². The summed E-state index contributed by atoms with van der Waals surface area (Å²) in [4.78, 5) is 26.6. The molecule has 0 aromatic heterocycles. The fourth-order valence-corrected chi connectivity index (χ4v) is 3.05.